The van der Waals surface area contributed by atoms with Crippen LogP contribution in [0.25, 0.3) is 0 Å². The summed E-state index contributed by atoms with van der Waals surface area (Å²) in [5, 5.41) is 19.7. The van der Waals surface area contributed by atoms with Gasteiger partial charge in [-0.15, -0.1) is 0 Å². The van der Waals surface area contributed by atoms with Crippen LogP contribution in [0.5, 0.6) is 0 Å². The summed E-state index contributed by atoms with van der Waals surface area (Å²) >= 11 is 0. The molecule has 1 aliphatic carbocycles. The number of amides is 2. The Kier molecular flexibility index (Phi) is 5.61. The van der Waals surface area contributed by atoms with E-state index in [-0.39, 0.29) is 12.1 Å². The normalized spacial score (nSPS) is 22.0. The maximum atomic E-state index is 11.9. The van der Waals surface area contributed by atoms with Crippen LogP contribution in [-0.2, 0) is 13.5 Å². The van der Waals surface area contributed by atoms with Crippen LogP contribution in [0, 0.1) is 5.92 Å². The molecule has 2 atom stereocenters. The van der Waals surface area contributed by atoms with Crippen molar-refractivity contribution in [1.82, 2.24) is 15.1 Å². The van der Waals surface area contributed by atoms with Crippen LogP contribution in [-0.4, -0.2) is 33.6 Å². The van der Waals surface area contributed by atoms with Gasteiger partial charge in [0, 0.05) is 19.7 Å². The predicted octanol–water partition coefficient (Wildman–Crippen LogP) is 2.05. The molecule has 0 spiro atoms. The molecule has 1 saturated carbocycles. The number of anilines is 1. The second-order valence-electron chi connectivity index (χ2n) is 5.92. The molecule has 6 heteroatoms. The molecule has 6 nitrogen and oxygen atoms in total. The van der Waals surface area contributed by atoms with Gasteiger partial charge in [-0.2, -0.15) is 5.10 Å². The zero-order valence-corrected chi connectivity index (χ0v) is 12.9. The molecule has 1 aliphatic rings. The quantitative estimate of drug-likeness (QED) is 0.777. The van der Waals surface area contributed by atoms with Crippen molar-refractivity contribution in [1.29, 1.82) is 0 Å². The lowest BCUT2D eigenvalue weighted by molar-refractivity contribution is 0.101. The van der Waals surface area contributed by atoms with E-state index in [4.69, 9.17) is 0 Å². The fraction of sp³-hybridized carbons (Fsp3) is 0.733. The lowest BCUT2D eigenvalue weighted by atomic mass is 9.87. The number of carbonyl (C=O) groups excluding carboxylic acids is 1. The number of hydrogen-bond acceptors (Lipinski definition) is 3. The molecule has 2 unspecified atom stereocenters. The first-order valence-corrected chi connectivity index (χ1v) is 7.84. The third-order valence-electron chi connectivity index (χ3n) is 3.98. The fourth-order valence-electron chi connectivity index (χ4n) is 2.87. The number of aliphatic hydroxyl groups is 1. The number of aliphatic hydroxyl groups excluding tert-OH is 1. The van der Waals surface area contributed by atoms with E-state index in [1.807, 2.05) is 13.1 Å². The molecule has 0 saturated heterocycles. The summed E-state index contributed by atoms with van der Waals surface area (Å²) in [5.41, 5.74) is 0.991. The van der Waals surface area contributed by atoms with E-state index in [1.165, 1.54) is 0 Å². The van der Waals surface area contributed by atoms with E-state index in [2.05, 4.69) is 22.7 Å². The molecule has 0 bridgehead atoms. The van der Waals surface area contributed by atoms with Gasteiger partial charge in [0.15, 0.2) is 0 Å². The molecular weight excluding hydrogens is 268 g/mol. The molecule has 2 amide bonds. The van der Waals surface area contributed by atoms with Crippen molar-refractivity contribution in [3.63, 3.8) is 0 Å². The molecular formula is C15H26N4O2. The van der Waals surface area contributed by atoms with Crippen LogP contribution in [0.15, 0.2) is 6.07 Å². The monoisotopic (exact) mass is 294 g/mol. The smallest absolute Gasteiger partial charge is 0.320 e. The molecule has 1 aromatic heterocycles. The summed E-state index contributed by atoms with van der Waals surface area (Å²) in [6, 6.07) is 1.70. The van der Waals surface area contributed by atoms with Gasteiger partial charge in [0.1, 0.15) is 5.82 Å². The summed E-state index contributed by atoms with van der Waals surface area (Å²) in [5.74, 6) is 1.08. The lowest BCUT2D eigenvalue weighted by Crippen LogP contribution is -2.35. The Labute approximate surface area is 125 Å². The standard InChI is InChI=1S/C15H26N4O2/c1-3-5-12-9-14(19(2)18-12)17-15(21)16-10-11-6-4-7-13(20)8-11/h9,11,13,20H,3-8,10H2,1-2H3,(H2,16,17,21). The van der Waals surface area contributed by atoms with Crippen molar-refractivity contribution >= 4 is 11.8 Å². The summed E-state index contributed by atoms with van der Waals surface area (Å²) in [6.07, 6.45) is 5.53. The van der Waals surface area contributed by atoms with E-state index in [0.717, 1.165) is 44.2 Å². The van der Waals surface area contributed by atoms with Crippen LogP contribution in [0.1, 0.15) is 44.7 Å². The molecule has 0 radical (unpaired) electrons. The predicted molar refractivity (Wildman–Crippen MR) is 82.2 cm³/mol. The van der Waals surface area contributed by atoms with E-state index >= 15 is 0 Å². The highest BCUT2D eigenvalue weighted by Gasteiger charge is 2.20. The first kappa shape index (κ1) is 15.8. The Balaban J connectivity index is 1.78. The zero-order chi connectivity index (χ0) is 15.2. The minimum atomic E-state index is -0.207. The SMILES string of the molecule is CCCc1cc(NC(=O)NCC2CCCC(O)C2)n(C)n1. The number of rotatable bonds is 5. The molecule has 0 aliphatic heterocycles. The molecule has 1 heterocycles. The molecule has 118 valence electrons. The van der Waals surface area contributed by atoms with Crippen molar-refractivity contribution in [2.75, 3.05) is 11.9 Å². The Bertz CT molecular complexity index is 472. The van der Waals surface area contributed by atoms with Crippen molar-refractivity contribution in [3.05, 3.63) is 11.8 Å². The number of nitrogens with one attached hydrogen (secondary N) is 2. The largest absolute Gasteiger partial charge is 0.393 e. The van der Waals surface area contributed by atoms with Crippen LogP contribution < -0.4 is 10.6 Å². The number of nitrogens with zero attached hydrogens (tertiary/aromatic N) is 2. The first-order valence-electron chi connectivity index (χ1n) is 7.84. The van der Waals surface area contributed by atoms with Gasteiger partial charge in [0.2, 0.25) is 0 Å². The number of urea groups is 1. The topological polar surface area (TPSA) is 79.2 Å². The molecule has 1 fully saturated rings. The second kappa shape index (κ2) is 7.45. The summed E-state index contributed by atoms with van der Waals surface area (Å²) < 4.78 is 1.69. The average Bonchev–Trinajstić information content (AvgIpc) is 2.77. The van der Waals surface area contributed by atoms with Crippen molar-refractivity contribution < 1.29 is 9.90 Å². The van der Waals surface area contributed by atoms with E-state index < -0.39 is 0 Å². The van der Waals surface area contributed by atoms with Crippen LogP contribution in [0.4, 0.5) is 10.6 Å². The Morgan fingerprint density at radius 3 is 3.05 bits per heavy atom. The second-order valence-corrected chi connectivity index (χ2v) is 5.92. The van der Waals surface area contributed by atoms with Crippen LogP contribution >= 0.6 is 0 Å². The molecule has 1 aromatic rings. The van der Waals surface area contributed by atoms with Gasteiger partial charge >= 0.3 is 6.03 Å². The van der Waals surface area contributed by atoms with Gasteiger partial charge in [-0.05, 0) is 31.6 Å². The van der Waals surface area contributed by atoms with Crippen LogP contribution in [0.2, 0.25) is 0 Å². The molecule has 0 aromatic carbocycles. The lowest BCUT2D eigenvalue weighted by Gasteiger charge is -2.25. The number of aromatic nitrogens is 2. The van der Waals surface area contributed by atoms with Crippen molar-refractivity contribution in [3.8, 4) is 0 Å². The average molecular weight is 294 g/mol. The zero-order valence-electron chi connectivity index (χ0n) is 12.9. The van der Waals surface area contributed by atoms with Crippen LogP contribution in [0.3, 0.4) is 0 Å². The molecule has 3 N–H and O–H groups in total. The van der Waals surface area contributed by atoms with Crippen molar-refractivity contribution in [2.45, 2.75) is 51.6 Å². The highest BCUT2D eigenvalue weighted by molar-refractivity contribution is 5.88. The van der Waals surface area contributed by atoms with E-state index in [9.17, 15) is 9.90 Å². The molecule has 2 rings (SSSR count). The maximum Gasteiger partial charge on any atom is 0.320 e. The van der Waals surface area contributed by atoms with Crippen molar-refractivity contribution in [2.24, 2.45) is 13.0 Å². The minimum absolute atomic E-state index is 0.206. The fourth-order valence-corrected chi connectivity index (χ4v) is 2.87. The number of hydrogen-bond donors (Lipinski definition) is 3. The van der Waals surface area contributed by atoms with E-state index in [0.29, 0.717) is 18.3 Å². The van der Waals surface area contributed by atoms with Gasteiger partial charge in [-0.25, -0.2) is 4.79 Å². The number of aryl methyl sites for hydroxylation is 2. The third kappa shape index (κ3) is 4.74. The summed E-state index contributed by atoms with van der Waals surface area (Å²) in [4.78, 5) is 11.9. The maximum absolute atomic E-state index is 11.9. The van der Waals surface area contributed by atoms with Gasteiger partial charge in [0.05, 0.1) is 11.8 Å². The number of carbonyl (C=O) groups is 1. The molecule has 21 heavy (non-hydrogen) atoms. The highest BCUT2D eigenvalue weighted by Crippen LogP contribution is 2.23. The highest BCUT2D eigenvalue weighted by atomic mass is 16.3. The Morgan fingerprint density at radius 1 is 1.52 bits per heavy atom. The minimum Gasteiger partial charge on any atom is -0.393 e. The summed E-state index contributed by atoms with van der Waals surface area (Å²) in [6.45, 7) is 2.72. The van der Waals surface area contributed by atoms with Gasteiger partial charge < -0.3 is 10.4 Å². The first-order chi connectivity index (χ1) is 10.1. The summed E-state index contributed by atoms with van der Waals surface area (Å²) in [7, 11) is 1.83. The van der Waals surface area contributed by atoms with Gasteiger partial charge in [-0.1, -0.05) is 19.8 Å². The third-order valence-corrected chi connectivity index (χ3v) is 3.98. The van der Waals surface area contributed by atoms with Gasteiger partial charge in [0.25, 0.3) is 0 Å². The Hall–Kier alpha value is -1.56. The van der Waals surface area contributed by atoms with Gasteiger partial charge in [-0.3, -0.25) is 10.00 Å². The Morgan fingerprint density at radius 2 is 2.33 bits per heavy atom. The van der Waals surface area contributed by atoms with E-state index in [1.54, 1.807) is 4.68 Å².